The largest absolute Gasteiger partial charge is 0.448 e. The molecule has 1 heterocycles. The number of hydrogen-bond acceptors (Lipinski definition) is 3. The number of nitrogens with zero attached hydrogens (tertiary/aromatic N) is 1. The Hall–Kier alpha value is -2.24. The van der Waals surface area contributed by atoms with Crippen LogP contribution in [0.25, 0.3) is 0 Å². The van der Waals surface area contributed by atoms with Crippen LogP contribution in [0.1, 0.15) is 31.2 Å². The molecule has 118 valence electrons. The van der Waals surface area contributed by atoms with Crippen LogP contribution in [0.15, 0.2) is 24.3 Å². The minimum Gasteiger partial charge on any atom is -0.448 e. The van der Waals surface area contributed by atoms with Crippen LogP contribution in [-0.2, 0) is 11.3 Å². The number of ether oxygens (including phenoxy) is 1. The number of cyclic esters (lactones) is 1. The average molecular weight is 303 g/mol. The lowest BCUT2D eigenvalue weighted by atomic mass is 10.2. The minimum absolute atomic E-state index is 0.162. The quantitative estimate of drug-likeness (QED) is 0.898. The van der Waals surface area contributed by atoms with Crippen molar-refractivity contribution in [1.82, 2.24) is 10.2 Å². The number of benzene rings is 1. The minimum atomic E-state index is -0.280. The fraction of sp³-hybridized carbons (Fsp3) is 0.500. The highest BCUT2D eigenvalue weighted by Crippen LogP contribution is 2.18. The molecular weight excluding hydrogens is 282 g/mol. The molecule has 1 aromatic carbocycles. The van der Waals surface area contributed by atoms with Crippen molar-refractivity contribution >= 4 is 17.8 Å². The van der Waals surface area contributed by atoms with Crippen molar-refractivity contribution < 1.29 is 14.3 Å². The van der Waals surface area contributed by atoms with Crippen LogP contribution < -0.4 is 10.6 Å². The molecule has 1 aliphatic carbocycles. The van der Waals surface area contributed by atoms with Crippen LogP contribution in [0, 0.1) is 0 Å². The van der Waals surface area contributed by atoms with Crippen LogP contribution in [0.4, 0.5) is 15.3 Å². The number of hydrogen-bond donors (Lipinski definition) is 2. The Kier molecular flexibility index (Phi) is 4.46. The van der Waals surface area contributed by atoms with E-state index < -0.39 is 0 Å². The van der Waals surface area contributed by atoms with E-state index in [0.717, 1.165) is 24.1 Å². The summed E-state index contributed by atoms with van der Waals surface area (Å²) in [6.45, 7) is 1.55. The summed E-state index contributed by atoms with van der Waals surface area (Å²) in [6, 6.07) is 7.68. The topological polar surface area (TPSA) is 70.7 Å². The van der Waals surface area contributed by atoms with Gasteiger partial charge in [0.1, 0.15) is 6.61 Å². The SMILES string of the molecule is O=C(Nc1cccc(CN2CCOC2=O)c1)NC1CCCC1. The molecule has 22 heavy (non-hydrogen) atoms. The number of urea groups is 1. The van der Waals surface area contributed by atoms with Crippen molar-refractivity contribution in [3.05, 3.63) is 29.8 Å². The Bertz CT molecular complexity index is 555. The van der Waals surface area contributed by atoms with Gasteiger partial charge in [-0.3, -0.25) is 0 Å². The van der Waals surface area contributed by atoms with E-state index in [1.165, 1.54) is 12.8 Å². The average Bonchev–Trinajstić information content (AvgIpc) is 3.12. The zero-order chi connectivity index (χ0) is 15.4. The molecule has 0 aromatic heterocycles. The summed E-state index contributed by atoms with van der Waals surface area (Å²) in [5.74, 6) is 0. The van der Waals surface area contributed by atoms with Crippen LogP contribution in [-0.4, -0.2) is 36.2 Å². The molecule has 2 aliphatic rings. The van der Waals surface area contributed by atoms with Gasteiger partial charge in [0, 0.05) is 18.3 Å². The second kappa shape index (κ2) is 6.68. The Morgan fingerprint density at radius 1 is 1.32 bits per heavy atom. The van der Waals surface area contributed by atoms with Gasteiger partial charge in [-0.15, -0.1) is 0 Å². The van der Waals surface area contributed by atoms with Crippen molar-refractivity contribution in [2.24, 2.45) is 0 Å². The molecule has 0 spiro atoms. The molecule has 6 heteroatoms. The van der Waals surface area contributed by atoms with Gasteiger partial charge in [0.25, 0.3) is 0 Å². The Labute approximate surface area is 129 Å². The van der Waals surface area contributed by atoms with Crippen LogP contribution >= 0.6 is 0 Å². The third kappa shape index (κ3) is 3.69. The van der Waals surface area contributed by atoms with Crippen molar-refractivity contribution in [2.75, 3.05) is 18.5 Å². The molecule has 6 nitrogen and oxygen atoms in total. The summed E-state index contributed by atoms with van der Waals surface area (Å²) in [4.78, 5) is 25.1. The fourth-order valence-electron chi connectivity index (χ4n) is 2.96. The Morgan fingerprint density at radius 3 is 2.86 bits per heavy atom. The first kappa shape index (κ1) is 14.7. The lowest BCUT2D eigenvalue weighted by Gasteiger charge is -2.15. The van der Waals surface area contributed by atoms with Crippen LogP contribution in [0.3, 0.4) is 0 Å². The third-order valence-electron chi connectivity index (χ3n) is 4.09. The maximum absolute atomic E-state index is 12.0. The van der Waals surface area contributed by atoms with E-state index in [-0.39, 0.29) is 12.1 Å². The maximum atomic E-state index is 12.0. The van der Waals surface area contributed by atoms with Gasteiger partial charge in [0.2, 0.25) is 0 Å². The molecule has 0 atom stereocenters. The van der Waals surface area contributed by atoms with Gasteiger partial charge in [-0.05, 0) is 30.5 Å². The molecule has 1 aliphatic heterocycles. The highest BCUT2D eigenvalue weighted by Gasteiger charge is 2.22. The lowest BCUT2D eigenvalue weighted by molar-refractivity contribution is 0.157. The third-order valence-corrected chi connectivity index (χ3v) is 4.09. The summed E-state index contributed by atoms with van der Waals surface area (Å²) < 4.78 is 4.91. The van der Waals surface area contributed by atoms with Gasteiger partial charge in [-0.1, -0.05) is 25.0 Å². The summed E-state index contributed by atoms with van der Waals surface area (Å²) in [5.41, 5.74) is 1.71. The first-order valence-corrected chi connectivity index (χ1v) is 7.79. The van der Waals surface area contributed by atoms with Crippen molar-refractivity contribution in [2.45, 2.75) is 38.3 Å². The summed E-state index contributed by atoms with van der Waals surface area (Å²) in [5, 5.41) is 5.85. The first-order valence-electron chi connectivity index (χ1n) is 7.79. The zero-order valence-electron chi connectivity index (χ0n) is 12.5. The molecule has 2 N–H and O–H groups in total. The zero-order valence-corrected chi connectivity index (χ0v) is 12.5. The highest BCUT2D eigenvalue weighted by molar-refractivity contribution is 5.89. The summed E-state index contributed by atoms with van der Waals surface area (Å²) >= 11 is 0. The highest BCUT2D eigenvalue weighted by atomic mass is 16.6. The van der Waals surface area contributed by atoms with Gasteiger partial charge in [-0.2, -0.15) is 0 Å². The Morgan fingerprint density at radius 2 is 2.14 bits per heavy atom. The molecule has 0 bridgehead atoms. The van der Waals surface area contributed by atoms with E-state index in [9.17, 15) is 9.59 Å². The molecule has 1 saturated heterocycles. The summed E-state index contributed by atoms with van der Waals surface area (Å²) in [6.07, 6.45) is 4.21. The Balaban J connectivity index is 1.56. The normalized spacial score (nSPS) is 18.4. The van der Waals surface area contributed by atoms with Gasteiger partial charge >= 0.3 is 12.1 Å². The van der Waals surface area contributed by atoms with Crippen LogP contribution in [0.5, 0.6) is 0 Å². The van der Waals surface area contributed by atoms with Gasteiger partial charge < -0.3 is 20.3 Å². The van der Waals surface area contributed by atoms with E-state index in [0.29, 0.717) is 25.7 Å². The molecule has 3 amide bonds. The number of nitrogens with one attached hydrogen (secondary N) is 2. The monoisotopic (exact) mass is 303 g/mol. The van der Waals surface area contributed by atoms with E-state index in [4.69, 9.17) is 4.74 Å². The molecular formula is C16H21N3O3. The van der Waals surface area contributed by atoms with E-state index in [2.05, 4.69) is 10.6 Å². The number of amides is 3. The van der Waals surface area contributed by atoms with Gasteiger partial charge in [0.15, 0.2) is 0 Å². The predicted molar refractivity (Wildman–Crippen MR) is 82.6 cm³/mol. The lowest BCUT2D eigenvalue weighted by Crippen LogP contribution is -2.36. The number of anilines is 1. The van der Waals surface area contributed by atoms with Crippen molar-refractivity contribution in [1.29, 1.82) is 0 Å². The second-order valence-corrected chi connectivity index (χ2v) is 5.82. The van der Waals surface area contributed by atoms with E-state index in [1.807, 2.05) is 24.3 Å². The van der Waals surface area contributed by atoms with Crippen LogP contribution in [0.2, 0.25) is 0 Å². The number of carbonyl (C=O) groups is 2. The molecule has 2 fully saturated rings. The van der Waals surface area contributed by atoms with E-state index in [1.54, 1.807) is 4.90 Å². The second-order valence-electron chi connectivity index (χ2n) is 5.82. The number of rotatable bonds is 4. The molecule has 1 aromatic rings. The maximum Gasteiger partial charge on any atom is 0.410 e. The summed E-state index contributed by atoms with van der Waals surface area (Å²) in [7, 11) is 0. The molecule has 0 unspecified atom stereocenters. The molecule has 3 rings (SSSR count). The standard InChI is InChI=1S/C16H21N3O3/c20-15(17-13-5-1-2-6-13)18-14-7-3-4-12(10-14)11-19-8-9-22-16(19)21/h3-4,7,10,13H,1-2,5-6,8-9,11H2,(H2,17,18,20). The van der Waals surface area contributed by atoms with Crippen molar-refractivity contribution in [3.8, 4) is 0 Å². The smallest absolute Gasteiger partial charge is 0.410 e. The van der Waals surface area contributed by atoms with E-state index >= 15 is 0 Å². The molecule has 0 radical (unpaired) electrons. The number of carbonyl (C=O) groups excluding carboxylic acids is 2. The van der Waals surface area contributed by atoms with Crippen molar-refractivity contribution in [3.63, 3.8) is 0 Å². The molecule has 1 saturated carbocycles. The van der Waals surface area contributed by atoms with Gasteiger partial charge in [-0.25, -0.2) is 9.59 Å². The van der Waals surface area contributed by atoms with Gasteiger partial charge in [0.05, 0.1) is 6.54 Å². The predicted octanol–water partition coefficient (Wildman–Crippen LogP) is 2.70. The first-order chi connectivity index (χ1) is 10.7. The fourth-order valence-corrected chi connectivity index (χ4v) is 2.96.